The second-order valence-electron chi connectivity index (χ2n) is 6.57. The monoisotopic (exact) mass is 381 g/mol. The third-order valence-electron chi connectivity index (χ3n) is 4.43. The van der Waals surface area contributed by atoms with Gasteiger partial charge in [0.05, 0.1) is 12.2 Å². The molecule has 0 aromatic carbocycles. The fourth-order valence-corrected chi connectivity index (χ4v) is 3.03. The first-order valence-electron chi connectivity index (χ1n) is 8.59. The minimum atomic E-state index is -2.93. The minimum absolute atomic E-state index is 0.0962. The zero-order valence-corrected chi connectivity index (χ0v) is 14.5. The first-order chi connectivity index (χ1) is 13.0. The second-order valence-corrected chi connectivity index (χ2v) is 6.57. The van der Waals surface area contributed by atoms with Crippen molar-refractivity contribution in [3.8, 4) is 17.0 Å². The van der Waals surface area contributed by atoms with Crippen molar-refractivity contribution in [3.63, 3.8) is 0 Å². The van der Waals surface area contributed by atoms with Gasteiger partial charge in [-0.25, -0.2) is 18.2 Å². The third kappa shape index (κ3) is 3.28. The molecule has 2 atom stereocenters. The van der Waals surface area contributed by atoms with Gasteiger partial charge in [0.2, 0.25) is 11.6 Å². The highest BCUT2D eigenvalue weighted by Crippen LogP contribution is 2.40. The molecular weight excluding hydrogens is 363 g/mol. The van der Waals surface area contributed by atoms with Crippen molar-refractivity contribution in [2.24, 2.45) is 0 Å². The van der Waals surface area contributed by atoms with Crippen LogP contribution in [-0.2, 0) is 0 Å². The van der Waals surface area contributed by atoms with Gasteiger partial charge in [-0.2, -0.15) is 14.6 Å². The number of H-pyrrole nitrogens is 1. The predicted molar refractivity (Wildman–Crippen MR) is 90.6 cm³/mol. The van der Waals surface area contributed by atoms with Crippen LogP contribution in [0.5, 0.6) is 5.75 Å². The maximum Gasteiger partial charge on any atom is 0.284 e. The summed E-state index contributed by atoms with van der Waals surface area (Å²) in [6, 6.07) is -0.493. The number of nitrogens with one attached hydrogen (secondary N) is 2. The van der Waals surface area contributed by atoms with E-state index in [2.05, 4.69) is 30.6 Å². The van der Waals surface area contributed by atoms with Crippen molar-refractivity contribution in [2.75, 3.05) is 12.0 Å². The maximum atomic E-state index is 14.1. The summed E-state index contributed by atoms with van der Waals surface area (Å²) in [7, 11) is 0. The van der Waals surface area contributed by atoms with Crippen LogP contribution >= 0.6 is 0 Å². The Kier molecular flexibility index (Phi) is 4.36. The lowest BCUT2D eigenvalue weighted by molar-refractivity contribution is -0.0732. The Morgan fingerprint density at radius 2 is 2.33 bits per heavy atom. The molecule has 1 unspecified atom stereocenters. The lowest BCUT2D eigenvalue weighted by atomic mass is 10.2. The zero-order chi connectivity index (χ0) is 19.0. The van der Waals surface area contributed by atoms with Crippen LogP contribution in [0.2, 0.25) is 0 Å². The predicted octanol–water partition coefficient (Wildman–Crippen LogP) is 2.85. The highest BCUT2D eigenvalue weighted by atomic mass is 19.3. The van der Waals surface area contributed by atoms with E-state index >= 15 is 0 Å². The zero-order valence-electron chi connectivity index (χ0n) is 14.5. The van der Waals surface area contributed by atoms with Crippen LogP contribution in [0.15, 0.2) is 18.7 Å². The summed E-state index contributed by atoms with van der Waals surface area (Å²) in [5, 5.41) is 13.5. The summed E-state index contributed by atoms with van der Waals surface area (Å²) < 4.78 is 48.1. The van der Waals surface area contributed by atoms with Gasteiger partial charge in [0, 0.05) is 18.2 Å². The number of hydrogen-bond acceptors (Lipinski definition) is 6. The first kappa shape index (κ1) is 17.6. The van der Waals surface area contributed by atoms with Gasteiger partial charge in [-0.1, -0.05) is 0 Å². The SMILES string of the molecule is C[C@@H](CF)Nc1nc2c(OC3CCCC3(F)F)c(-c3cn[nH]c3)ncn2n1. The Hall–Kier alpha value is -2.85. The molecule has 4 rings (SSSR count). The molecule has 1 aliphatic carbocycles. The molecule has 0 saturated heterocycles. The average Bonchev–Trinajstić information content (AvgIpc) is 3.35. The van der Waals surface area contributed by atoms with Gasteiger partial charge in [0.25, 0.3) is 5.92 Å². The molecule has 0 radical (unpaired) electrons. The van der Waals surface area contributed by atoms with Crippen LogP contribution < -0.4 is 10.1 Å². The Balaban J connectivity index is 1.79. The van der Waals surface area contributed by atoms with Crippen molar-refractivity contribution in [1.82, 2.24) is 29.8 Å². The minimum Gasteiger partial charge on any atom is -0.478 e. The number of anilines is 1. The Morgan fingerprint density at radius 3 is 3.00 bits per heavy atom. The number of halogens is 3. The lowest BCUT2D eigenvalue weighted by Gasteiger charge is -2.21. The molecule has 1 saturated carbocycles. The topological polar surface area (TPSA) is 93.0 Å². The molecule has 3 aromatic rings. The molecule has 144 valence electrons. The number of hydrogen-bond donors (Lipinski definition) is 2. The van der Waals surface area contributed by atoms with E-state index in [1.165, 1.54) is 17.0 Å². The average molecular weight is 381 g/mol. The van der Waals surface area contributed by atoms with E-state index in [1.807, 2.05) is 0 Å². The number of ether oxygens (including phenoxy) is 1. The molecule has 3 aromatic heterocycles. The first-order valence-corrected chi connectivity index (χ1v) is 8.59. The lowest BCUT2D eigenvalue weighted by Crippen LogP contribution is -2.32. The van der Waals surface area contributed by atoms with Crippen LogP contribution in [0.1, 0.15) is 26.2 Å². The number of rotatable bonds is 6. The summed E-state index contributed by atoms with van der Waals surface area (Å²) in [4.78, 5) is 8.58. The van der Waals surface area contributed by atoms with E-state index < -0.39 is 24.7 Å². The number of aromatic nitrogens is 6. The van der Waals surface area contributed by atoms with E-state index in [0.717, 1.165) is 0 Å². The molecule has 0 bridgehead atoms. The third-order valence-corrected chi connectivity index (χ3v) is 4.43. The summed E-state index contributed by atoms with van der Waals surface area (Å²) in [6.45, 7) is 1.03. The number of fused-ring (bicyclic) bond motifs is 1. The smallest absolute Gasteiger partial charge is 0.284 e. The summed E-state index contributed by atoms with van der Waals surface area (Å²) in [5.74, 6) is -2.67. The molecule has 8 nitrogen and oxygen atoms in total. The molecular formula is C16H18F3N7O. The normalized spacial score (nSPS) is 20.1. The quantitative estimate of drug-likeness (QED) is 0.682. The summed E-state index contributed by atoms with van der Waals surface area (Å²) >= 11 is 0. The van der Waals surface area contributed by atoms with E-state index in [9.17, 15) is 13.2 Å². The Bertz CT molecular complexity index is 928. The second kappa shape index (κ2) is 6.71. The van der Waals surface area contributed by atoms with Crippen molar-refractivity contribution in [3.05, 3.63) is 18.7 Å². The van der Waals surface area contributed by atoms with Gasteiger partial charge in [-0.05, 0) is 19.8 Å². The van der Waals surface area contributed by atoms with Crippen molar-refractivity contribution in [2.45, 2.75) is 44.3 Å². The Morgan fingerprint density at radius 1 is 1.48 bits per heavy atom. The standard InChI is InChI=1S/C16H18F3N7O/c1-9(5-17)23-15-24-14-13(27-11-3-2-4-16(11,18)19)12(10-6-21-22-7-10)20-8-26(14)25-15/h6-9,11H,2-5H2,1H3,(H,21,22)(H,23,25)/t9-,11?/m0/s1. The van der Waals surface area contributed by atoms with Gasteiger partial charge in [-0.15, -0.1) is 5.10 Å². The fourth-order valence-electron chi connectivity index (χ4n) is 3.03. The number of nitrogens with zero attached hydrogens (tertiary/aromatic N) is 5. The molecule has 27 heavy (non-hydrogen) atoms. The van der Waals surface area contributed by atoms with Gasteiger partial charge >= 0.3 is 0 Å². The van der Waals surface area contributed by atoms with Crippen molar-refractivity contribution >= 4 is 11.6 Å². The molecule has 0 amide bonds. The van der Waals surface area contributed by atoms with Gasteiger partial charge in [-0.3, -0.25) is 5.10 Å². The largest absolute Gasteiger partial charge is 0.478 e. The van der Waals surface area contributed by atoms with Gasteiger partial charge in [0.1, 0.15) is 18.7 Å². The van der Waals surface area contributed by atoms with Crippen LogP contribution in [0.3, 0.4) is 0 Å². The van der Waals surface area contributed by atoms with Gasteiger partial charge in [0.15, 0.2) is 11.9 Å². The van der Waals surface area contributed by atoms with Crippen molar-refractivity contribution < 1.29 is 17.9 Å². The highest BCUT2D eigenvalue weighted by Gasteiger charge is 2.46. The summed E-state index contributed by atoms with van der Waals surface area (Å²) in [6.07, 6.45) is 3.62. The van der Waals surface area contributed by atoms with E-state index in [0.29, 0.717) is 17.7 Å². The molecule has 11 heteroatoms. The van der Waals surface area contributed by atoms with E-state index in [4.69, 9.17) is 4.74 Å². The molecule has 1 fully saturated rings. The molecule has 3 heterocycles. The highest BCUT2D eigenvalue weighted by molar-refractivity contribution is 5.74. The Labute approximate surface area is 152 Å². The molecule has 2 N–H and O–H groups in total. The molecule has 1 aliphatic rings. The van der Waals surface area contributed by atoms with E-state index in [-0.39, 0.29) is 30.2 Å². The van der Waals surface area contributed by atoms with Crippen LogP contribution in [-0.4, -0.2) is 54.5 Å². The van der Waals surface area contributed by atoms with E-state index in [1.54, 1.807) is 13.1 Å². The van der Waals surface area contributed by atoms with Crippen LogP contribution in [0.25, 0.3) is 16.9 Å². The van der Waals surface area contributed by atoms with Crippen LogP contribution in [0.4, 0.5) is 19.1 Å². The van der Waals surface area contributed by atoms with Gasteiger partial charge < -0.3 is 10.1 Å². The molecule has 0 spiro atoms. The van der Waals surface area contributed by atoms with Crippen LogP contribution in [0, 0.1) is 0 Å². The summed E-state index contributed by atoms with van der Waals surface area (Å²) in [5.41, 5.74) is 1.12. The van der Waals surface area contributed by atoms with Crippen molar-refractivity contribution in [1.29, 1.82) is 0 Å². The number of alkyl halides is 3. The fraction of sp³-hybridized carbons (Fsp3) is 0.500. The maximum absolute atomic E-state index is 14.1. The molecule has 0 aliphatic heterocycles. The number of aromatic amines is 1.